The first-order chi connectivity index (χ1) is 8.15. The molecule has 0 unspecified atom stereocenters. The second-order valence-corrected chi connectivity index (χ2v) is 5.59. The molecule has 0 spiro atoms. The molecule has 0 saturated carbocycles. The molecule has 17 heavy (non-hydrogen) atoms. The van der Waals surface area contributed by atoms with Crippen molar-refractivity contribution in [1.82, 2.24) is 0 Å². The number of halogens is 1. The Morgan fingerprint density at radius 1 is 1.00 bits per heavy atom. The van der Waals surface area contributed by atoms with Crippen molar-refractivity contribution in [3.8, 4) is 0 Å². The van der Waals surface area contributed by atoms with Gasteiger partial charge in [0, 0.05) is 25.2 Å². The summed E-state index contributed by atoms with van der Waals surface area (Å²) in [6, 6.07) is 11.4. The SMILES string of the molecule is Cc1ccc2sc3cc(Cl)ccc3c(=O)c2c1. The Morgan fingerprint density at radius 2 is 1.82 bits per heavy atom. The fourth-order valence-electron chi connectivity index (χ4n) is 1.94. The summed E-state index contributed by atoms with van der Waals surface area (Å²) in [6.45, 7) is 2.00. The van der Waals surface area contributed by atoms with Gasteiger partial charge in [-0.15, -0.1) is 11.3 Å². The predicted octanol–water partition coefficient (Wildman–Crippen LogP) is 4.38. The van der Waals surface area contributed by atoms with Gasteiger partial charge in [-0.3, -0.25) is 4.79 Å². The molecule has 3 rings (SSSR count). The van der Waals surface area contributed by atoms with Gasteiger partial charge in [-0.05, 0) is 37.3 Å². The lowest BCUT2D eigenvalue weighted by molar-refractivity contribution is 1.51. The van der Waals surface area contributed by atoms with Crippen molar-refractivity contribution in [3.05, 3.63) is 57.2 Å². The Balaban J connectivity index is 2.57. The highest BCUT2D eigenvalue weighted by Gasteiger charge is 2.06. The zero-order valence-electron chi connectivity index (χ0n) is 9.16. The third kappa shape index (κ3) is 1.74. The normalized spacial score (nSPS) is 11.2. The van der Waals surface area contributed by atoms with Crippen LogP contribution in [0.15, 0.2) is 41.2 Å². The molecule has 1 aromatic heterocycles. The largest absolute Gasteiger partial charge is 0.289 e. The maximum absolute atomic E-state index is 12.3. The first-order valence-electron chi connectivity index (χ1n) is 5.28. The highest BCUT2D eigenvalue weighted by atomic mass is 35.5. The molecule has 0 atom stereocenters. The van der Waals surface area contributed by atoms with Crippen LogP contribution < -0.4 is 5.43 Å². The first kappa shape index (κ1) is 10.8. The van der Waals surface area contributed by atoms with Crippen LogP contribution in [0, 0.1) is 6.92 Å². The van der Waals surface area contributed by atoms with Crippen molar-refractivity contribution in [2.45, 2.75) is 6.92 Å². The van der Waals surface area contributed by atoms with E-state index >= 15 is 0 Å². The van der Waals surface area contributed by atoms with Crippen molar-refractivity contribution < 1.29 is 0 Å². The van der Waals surface area contributed by atoms with Gasteiger partial charge in [0.25, 0.3) is 0 Å². The fraction of sp³-hybridized carbons (Fsp3) is 0.0714. The van der Waals surface area contributed by atoms with Crippen LogP contribution in [0.4, 0.5) is 0 Å². The molecule has 1 heterocycles. The quantitative estimate of drug-likeness (QED) is 0.549. The van der Waals surface area contributed by atoms with Crippen LogP contribution in [-0.4, -0.2) is 0 Å². The molecule has 84 valence electrons. The van der Waals surface area contributed by atoms with E-state index in [1.165, 1.54) is 0 Å². The Kier molecular flexibility index (Phi) is 2.42. The van der Waals surface area contributed by atoms with E-state index in [2.05, 4.69) is 0 Å². The molecule has 0 aliphatic rings. The minimum Gasteiger partial charge on any atom is -0.289 e. The van der Waals surface area contributed by atoms with E-state index in [4.69, 9.17) is 11.6 Å². The molecule has 0 radical (unpaired) electrons. The molecule has 2 aromatic carbocycles. The van der Waals surface area contributed by atoms with Crippen LogP contribution in [-0.2, 0) is 0 Å². The summed E-state index contributed by atoms with van der Waals surface area (Å²) >= 11 is 7.56. The van der Waals surface area contributed by atoms with E-state index in [1.807, 2.05) is 31.2 Å². The molecule has 0 saturated heterocycles. The lowest BCUT2D eigenvalue weighted by Gasteiger charge is -2.02. The van der Waals surface area contributed by atoms with Crippen LogP contribution in [0.25, 0.3) is 20.2 Å². The Morgan fingerprint density at radius 3 is 2.65 bits per heavy atom. The van der Waals surface area contributed by atoms with Gasteiger partial charge in [0.15, 0.2) is 5.43 Å². The van der Waals surface area contributed by atoms with Crippen molar-refractivity contribution >= 4 is 43.1 Å². The van der Waals surface area contributed by atoms with E-state index in [9.17, 15) is 4.79 Å². The Labute approximate surface area is 107 Å². The summed E-state index contributed by atoms with van der Waals surface area (Å²) in [6.07, 6.45) is 0. The van der Waals surface area contributed by atoms with Crippen molar-refractivity contribution in [2.24, 2.45) is 0 Å². The van der Waals surface area contributed by atoms with E-state index in [0.717, 1.165) is 25.7 Å². The fourth-order valence-corrected chi connectivity index (χ4v) is 3.27. The molecule has 3 aromatic rings. The average Bonchev–Trinajstić information content (AvgIpc) is 2.30. The average molecular weight is 261 g/mol. The summed E-state index contributed by atoms with van der Waals surface area (Å²) < 4.78 is 1.95. The maximum atomic E-state index is 12.3. The van der Waals surface area contributed by atoms with Gasteiger partial charge in [-0.25, -0.2) is 0 Å². The molecule has 0 amide bonds. The Bertz CT molecular complexity index is 789. The van der Waals surface area contributed by atoms with E-state index < -0.39 is 0 Å². The third-order valence-corrected chi connectivity index (χ3v) is 4.16. The highest BCUT2D eigenvalue weighted by Crippen LogP contribution is 2.27. The standard InChI is InChI=1S/C14H9ClOS/c1-8-2-5-12-11(6-8)14(16)10-4-3-9(15)7-13(10)17-12/h2-7H,1H3. The van der Waals surface area contributed by atoms with Crippen LogP contribution in [0.1, 0.15) is 5.56 Å². The van der Waals surface area contributed by atoms with Crippen LogP contribution >= 0.6 is 22.9 Å². The van der Waals surface area contributed by atoms with Crippen molar-refractivity contribution in [1.29, 1.82) is 0 Å². The molecule has 3 heteroatoms. The van der Waals surface area contributed by atoms with Gasteiger partial charge >= 0.3 is 0 Å². The third-order valence-electron chi connectivity index (χ3n) is 2.79. The second-order valence-electron chi connectivity index (χ2n) is 4.07. The molecule has 1 nitrogen and oxygen atoms in total. The minimum atomic E-state index is 0.0918. The molecular weight excluding hydrogens is 252 g/mol. The molecule has 0 N–H and O–H groups in total. The minimum absolute atomic E-state index is 0.0918. The predicted molar refractivity (Wildman–Crippen MR) is 75.3 cm³/mol. The van der Waals surface area contributed by atoms with Crippen molar-refractivity contribution in [2.75, 3.05) is 0 Å². The van der Waals surface area contributed by atoms with Gasteiger partial charge < -0.3 is 0 Å². The second kappa shape index (κ2) is 3.83. The van der Waals surface area contributed by atoms with Gasteiger partial charge in [0.05, 0.1) is 0 Å². The molecule has 0 aliphatic heterocycles. The van der Waals surface area contributed by atoms with Gasteiger partial charge in [-0.1, -0.05) is 23.2 Å². The molecule has 0 bridgehead atoms. The van der Waals surface area contributed by atoms with Crippen molar-refractivity contribution in [3.63, 3.8) is 0 Å². The number of aryl methyl sites for hydroxylation is 1. The van der Waals surface area contributed by atoms with E-state index in [1.54, 1.807) is 23.5 Å². The molecule has 0 aliphatic carbocycles. The first-order valence-corrected chi connectivity index (χ1v) is 6.47. The molecular formula is C14H9ClOS. The monoisotopic (exact) mass is 260 g/mol. The zero-order chi connectivity index (χ0) is 12.0. The lowest BCUT2D eigenvalue weighted by atomic mass is 10.1. The summed E-state index contributed by atoms with van der Waals surface area (Å²) in [5, 5.41) is 2.21. The van der Waals surface area contributed by atoms with Gasteiger partial charge in [0.2, 0.25) is 0 Å². The Hall–Kier alpha value is -1.38. The highest BCUT2D eigenvalue weighted by molar-refractivity contribution is 7.24. The maximum Gasteiger partial charge on any atom is 0.195 e. The number of rotatable bonds is 0. The number of fused-ring (bicyclic) bond motifs is 2. The number of hydrogen-bond acceptors (Lipinski definition) is 2. The van der Waals surface area contributed by atoms with Crippen LogP contribution in [0.2, 0.25) is 5.02 Å². The van der Waals surface area contributed by atoms with E-state index in [0.29, 0.717) is 5.02 Å². The number of benzene rings is 2. The number of hydrogen-bond donors (Lipinski definition) is 0. The van der Waals surface area contributed by atoms with E-state index in [-0.39, 0.29) is 5.43 Å². The van der Waals surface area contributed by atoms with Gasteiger partial charge in [0.1, 0.15) is 0 Å². The van der Waals surface area contributed by atoms with Crippen LogP contribution in [0.3, 0.4) is 0 Å². The molecule has 0 fully saturated rings. The summed E-state index contributed by atoms with van der Waals surface area (Å²) in [4.78, 5) is 12.3. The topological polar surface area (TPSA) is 17.1 Å². The zero-order valence-corrected chi connectivity index (χ0v) is 10.7. The summed E-state index contributed by atoms with van der Waals surface area (Å²) in [5.74, 6) is 0. The summed E-state index contributed by atoms with van der Waals surface area (Å²) in [5.41, 5.74) is 1.20. The summed E-state index contributed by atoms with van der Waals surface area (Å²) in [7, 11) is 0. The van der Waals surface area contributed by atoms with Gasteiger partial charge in [-0.2, -0.15) is 0 Å². The van der Waals surface area contributed by atoms with Crippen LogP contribution in [0.5, 0.6) is 0 Å². The lowest BCUT2D eigenvalue weighted by Crippen LogP contribution is -2.00. The smallest absolute Gasteiger partial charge is 0.195 e.